The summed E-state index contributed by atoms with van der Waals surface area (Å²) in [6.45, 7) is 1.21. The predicted molar refractivity (Wildman–Crippen MR) is 105 cm³/mol. The monoisotopic (exact) mass is 376 g/mol. The maximum absolute atomic E-state index is 13.1. The molecule has 0 unspecified atom stereocenters. The second-order valence-corrected chi connectivity index (χ2v) is 7.11. The van der Waals surface area contributed by atoms with Crippen LogP contribution in [0.1, 0.15) is 21.6 Å². The van der Waals surface area contributed by atoms with Crippen molar-refractivity contribution < 1.29 is 4.79 Å². The highest BCUT2D eigenvalue weighted by Crippen LogP contribution is 2.27. The minimum absolute atomic E-state index is 0.0522. The van der Waals surface area contributed by atoms with E-state index in [1.54, 1.807) is 0 Å². The standard InChI is InChI=1S/C21H17ClN4O/c22-17-5-1-2-7-20(17)26-19-9-11-25(13-14(19)12-24-26)21(27)16-4-3-6-18-15(16)8-10-23-18/h1-8,10,12,23H,9,11,13H2. The molecule has 1 aliphatic rings. The number of para-hydroxylation sites is 1. The minimum atomic E-state index is 0.0522. The van der Waals surface area contributed by atoms with Gasteiger partial charge in [0, 0.05) is 47.7 Å². The van der Waals surface area contributed by atoms with Gasteiger partial charge >= 0.3 is 0 Å². The van der Waals surface area contributed by atoms with Crippen LogP contribution >= 0.6 is 11.6 Å². The fourth-order valence-electron chi connectivity index (χ4n) is 3.78. The fourth-order valence-corrected chi connectivity index (χ4v) is 3.99. The van der Waals surface area contributed by atoms with E-state index in [0.29, 0.717) is 18.1 Å². The number of aromatic amines is 1. The van der Waals surface area contributed by atoms with Crippen LogP contribution in [0, 0.1) is 0 Å². The molecule has 1 N–H and O–H groups in total. The van der Waals surface area contributed by atoms with Crippen LogP contribution in [-0.2, 0) is 13.0 Å². The summed E-state index contributed by atoms with van der Waals surface area (Å²) in [5, 5.41) is 6.15. The van der Waals surface area contributed by atoms with E-state index in [4.69, 9.17) is 11.6 Å². The predicted octanol–water partition coefficient (Wildman–Crippen LogP) is 4.21. The van der Waals surface area contributed by atoms with Gasteiger partial charge < -0.3 is 9.88 Å². The van der Waals surface area contributed by atoms with Crippen molar-refractivity contribution in [1.29, 1.82) is 0 Å². The second-order valence-electron chi connectivity index (χ2n) is 6.70. The molecule has 0 saturated heterocycles. The number of hydrogen-bond donors (Lipinski definition) is 1. The summed E-state index contributed by atoms with van der Waals surface area (Å²) in [6.07, 6.45) is 4.45. The van der Waals surface area contributed by atoms with E-state index in [2.05, 4.69) is 10.1 Å². The Hall–Kier alpha value is -3.05. The number of benzene rings is 2. The number of fused-ring (bicyclic) bond motifs is 2. The molecular formula is C21H17ClN4O. The van der Waals surface area contributed by atoms with Gasteiger partial charge in [-0.15, -0.1) is 0 Å². The number of carbonyl (C=O) groups is 1. The summed E-state index contributed by atoms with van der Waals surface area (Å²) < 4.78 is 1.90. The zero-order chi connectivity index (χ0) is 18.4. The smallest absolute Gasteiger partial charge is 0.254 e. The van der Waals surface area contributed by atoms with E-state index in [9.17, 15) is 4.79 Å². The van der Waals surface area contributed by atoms with E-state index in [1.165, 1.54) is 0 Å². The molecule has 0 spiro atoms. The highest BCUT2D eigenvalue weighted by molar-refractivity contribution is 6.32. The average molecular weight is 377 g/mol. The second kappa shape index (κ2) is 6.28. The molecule has 2 aromatic carbocycles. The lowest BCUT2D eigenvalue weighted by Gasteiger charge is -2.28. The topological polar surface area (TPSA) is 53.9 Å². The third-order valence-electron chi connectivity index (χ3n) is 5.13. The van der Waals surface area contributed by atoms with Crippen molar-refractivity contribution >= 4 is 28.4 Å². The molecule has 0 atom stereocenters. The maximum atomic E-state index is 13.1. The Labute approximate surface area is 161 Å². The third-order valence-corrected chi connectivity index (χ3v) is 5.45. The lowest BCUT2D eigenvalue weighted by atomic mass is 10.0. The van der Waals surface area contributed by atoms with Crippen LogP contribution in [0.15, 0.2) is 60.9 Å². The highest BCUT2D eigenvalue weighted by Gasteiger charge is 2.26. The molecule has 0 bridgehead atoms. The number of aromatic nitrogens is 3. The van der Waals surface area contributed by atoms with Gasteiger partial charge in [-0.05, 0) is 30.3 Å². The van der Waals surface area contributed by atoms with Crippen LogP contribution in [0.4, 0.5) is 0 Å². The first-order valence-electron chi connectivity index (χ1n) is 8.88. The number of halogens is 1. The Kier molecular flexibility index (Phi) is 3.76. The van der Waals surface area contributed by atoms with Gasteiger partial charge in [-0.25, -0.2) is 4.68 Å². The molecule has 4 aromatic rings. The Morgan fingerprint density at radius 2 is 2.00 bits per heavy atom. The summed E-state index contributed by atoms with van der Waals surface area (Å²) in [5.74, 6) is 0.0522. The van der Waals surface area contributed by atoms with Crippen molar-refractivity contribution in [1.82, 2.24) is 19.7 Å². The number of rotatable bonds is 2. The number of H-pyrrole nitrogens is 1. The summed E-state index contributed by atoms with van der Waals surface area (Å²) in [7, 11) is 0. The highest BCUT2D eigenvalue weighted by atomic mass is 35.5. The summed E-state index contributed by atoms with van der Waals surface area (Å²) >= 11 is 6.33. The van der Waals surface area contributed by atoms with Crippen molar-refractivity contribution in [2.45, 2.75) is 13.0 Å². The summed E-state index contributed by atoms with van der Waals surface area (Å²) in [6, 6.07) is 15.4. The van der Waals surface area contributed by atoms with Gasteiger partial charge in [0.25, 0.3) is 5.91 Å². The third kappa shape index (κ3) is 2.62. The lowest BCUT2D eigenvalue weighted by molar-refractivity contribution is 0.0736. The van der Waals surface area contributed by atoms with Crippen molar-refractivity contribution in [2.24, 2.45) is 0 Å². The first kappa shape index (κ1) is 16.1. The molecule has 0 fully saturated rings. The van der Waals surface area contributed by atoms with Crippen molar-refractivity contribution in [3.8, 4) is 5.69 Å². The maximum Gasteiger partial charge on any atom is 0.254 e. The van der Waals surface area contributed by atoms with E-state index in [1.807, 2.05) is 70.5 Å². The van der Waals surface area contributed by atoms with Gasteiger partial charge in [-0.1, -0.05) is 29.8 Å². The zero-order valence-electron chi connectivity index (χ0n) is 14.5. The Balaban J connectivity index is 1.46. The molecule has 1 aliphatic heterocycles. The Bertz CT molecular complexity index is 1160. The molecule has 134 valence electrons. The van der Waals surface area contributed by atoms with Crippen molar-refractivity contribution in [2.75, 3.05) is 6.54 Å². The van der Waals surface area contributed by atoms with Crippen LogP contribution in [0.3, 0.4) is 0 Å². The zero-order valence-corrected chi connectivity index (χ0v) is 15.3. The quantitative estimate of drug-likeness (QED) is 0.570. The molecule has 5 nitrogen and oxygen atoms in total. The van der Waals surface area contributed by atoms with Gasteiger partial charge in [-0.2, -0.15) is 5.10 Å². The van der Waals surface area contributed by atoms with E-state index in [-0.39, 0.29) is 5.91 Å². The largest absolute Gasteiger partial charge is 0.361 e. The lowest BCUT2D eigenvalue weighted by Crippen LogP contribution is -2.36. The first-order valence-corrected chi connectivity index (χ1v) is 9.26. The van der Waals surface area contributed by atoms with Gasteiger partial charge in [0.05, 0.1) is 22.6 Å². The van der Waals surface area contributed by atoms with Crippen LogP contribution in [0.2, 0.25) is 5.02 Å². The Morgan fingerprint density at radius 1 is 1.11 bits per heavy atom. The number of nitrogens with one attached hydrogen (secondary N) is 1. The van der Waals surface area contributed by atoms with Gasteiger partial charge in [0.2, 0.25) is 0 Å². The van der Waals surface area contributed by atoms with E-state index < -0.39 is 0 Å². The molecule has 1 amide bonds. The van der Waals surface area contributed by atoms with Gasteiger partial charge in [-0.3, -0.25) is 4.79 Å². The molecule has 6 heteroatoms. The van der Waals surface area contributed by atoms with Crippen LogP contribution in [0.25, 0.3) is 16.6 Å². The van der Waals surface area contributed by atoms with E-state index >= 15 is 0 Å². The minimum Gasteiger partial charge on any atom is -0.361 e. The average Bonchev–Trinajstić information content (AvgIpc) is 3.34. The summed E-state index contributed by atoms with van der Waals surface area (Å²) in [4.78, 5) is 18.2. The number of hydrogen-bond acceptors (Lipinski definition) is 2. The molecule has 3 heterocycles. The molecule has 0 saturated carbocycles. The van der Waals surface area contributed by atoms with Crippen molar-refractivity contribution in [3.63, 3.8) is 0 Å². The molecule has 0 aliphatic carbocycles. The molecule has 5 rings (SSSR count). The van der Waals surface area contributed by atoms with Crippen molar-refractivity contribution in [3.05, 3.63) is 82.8 Å². The van der Waals surface area contributed by atoms with E-state index in [0.717, 1.165) is 39.8 Å². The van der Waals surface area contributed by atoms with Crippen LogP contribution < -0.4 is 0 Å². The van der Waals surface area contributed by atoms with Gasteiger partial charge in [0.1, 0.15) is 0 Å². The van der Waals surface area contributed by atoms with Crippen LogP contribution in [0.5, 0.6) is 0 Å². The molecular weight excluding hydrogens is 360 g/mol. The van der Waals surface area contributed by atoms with Crippen LogP contribution in [-0.4, -0.2) is 32.1 Å². The number of nitrogens with zero attached hydrogens (tertiary/aromatic N) is 3. The molecule has 0 radical (unpaired) electrons. The molecule has 2 aromatic heterocycles. The fraction of sp³-hybridized carbons (Fsp3) is 0.143. The summed E-state index contributed by atoms with van der Waals surface area (Å²) in [5.41, 5.74) is 4.76. The number of amides is 1. The number of carbonyl (C=O) groups excluding carboxylic acids is 1. The molecule has 27 heavy (non-hydrogen) atoms. The Morgan fingerprint density at radius 3 is 2.89 bits per heavy atom. The van der Waals surface area contributed by atoms with Gasteiger partial charge in [0.15, 0.2) is 0 Å². The first-order chi connectivity index (χ1) is 13.2. The SMILES string of the molecule is O=C(c1cccc2[nH]ccc12)N1CCc2c(cnn2-c2ccccc2Cl)C1. The normalized spacial score (nSPS) is 13.7.